The van der Waals surface area contributed by atoms with Gasteiger partial charge in [0.05, 0.1) is 0 Å². The summed E-state index contributed by atoms with van der Waals surface area (Å²) >= 11 is 3.61. The van der Waals surface area contributed by atoms with Gasteiger partial charge in [0.15, 0.2) is 0 Å². The molecule has 1 aromatic rings. The molecule has 0 N–H and O–H groups in total. The summed E-state index contributed by atoms with van der Waals surface area (Å²) in [5.41, 5.74) is 2.88. The van der Waals surface area contributed by atoms with Crippen LogP contribution in [-0.2, 0) is 0 Å². The lowest BCUT2D eigenvalue weighted by atomic mass is 9.99. The zero-order valence-electron chi connectivity index (χ0n) is 8.10. The third-order valence-electron chi connectivity index (χ3n) is 2.59. The Labute approximate surface area is 88.5 Å². The molecule has 0 nitrogen and oxygen atoms in total. The summed E-state index contributed by atoms with van der Waals surface area (Å²) in [5.74, 6) is 2.23. The van der Waals surface area contributed by atoms with Crippen molar-refractivity contribution in [3.8, 4) is 0 Å². The molecule has 2 rings (SSSR count). The Bertz CT molecular complexity index is 311. The summed E-state index contributed by atoms with van der Waals surface area (Å²) in [5, 5.41) is 0. The average Bonchev–Trinajstić information content (AvgIpc) is 2.87. The first-order valence-electron chi connectivity index (χ1n) is 4.78. The van der Waals surface area contributed by atoms with Crippen molar-refractivity contribution in [2.45, 2.75) is 32.6 Å². The van der Waals surface area contributed by atoms with Crippen molar-refractivity contribution in [3.05, 3.63) is 39.7 Å². The first-order chi connectivity index (χ1) is 6.18. The Morgan fingerprint density at radius 2 is 2.00 bits per heavy atom. The third kappa shape index (κ3) is 1.96. The Kier molecular flexibility index (Phi) is 2.46. The number of hydrogen-bond donors (Lipinski definition) is 0. The lowest BCUT2D eigenvalue weighted by Crippen LogP contribution is -1.91. The smallest absolute Gasteiger partial charge is 0.0210 e. The van der Waals surface area contributed by atoms with Crippen LogP contribution in [0.5, 0.6) is 0 Å². The minimum Gasteiger partial charge on any atom is -0.0573 e. The molecule has 1 aliphatic carbocycles. The monoisotopic (exact) mass is 237 g/mol. The van der Waals surface area contributed by atoms with Gasteiger partial charge in [-0.15, -0.1) is 0 Å². The first kappa shape index (κ1) is 9.26. The molecule has 0 amide bonds. The standard InChI is InChI=1S/C12H14Br/c1-8(2)10-5-6-12(13)11(7-10)9-3-4-9/h5-7,9H,3-4H2,1-2H3. The van der Waals surface area contributed by atoms with E-state index in [0.717, 1.165) is 5.92 Å². The van der Waals surface area contributed by atoms with Gasteiger partial charge in [-0.3, -0.25) is 0 Å². The van der Waals surface area contributed by atoms with Gasteiger partial charge in [-0.05, 0) is 41.9 Å². The zero-order valence-corrected chi connectivity index (χ0v) is 9.69. The molecule has 0 aliphatic heterocycles. The molecule has 0 unspecified atom stereocenters. The van der Waals surface area contributed by atoms with Crippen molar-refractivity contribution in [2.24, 2.45) is 0 Å². The van der Waals surface area contributed by atoms with Gasteiger partial charge in [0, 0.05) is 4.47 Å². The molecule has 0 atom stereocenters. The van der Waals surface area contributed by atoms with Crippen molar-refractivity contribution in [2.75, 3.05) is 0 Å². The van der Waals surface area contributed by atoms with Crippen LogP contribution in [0.1, 0.15) is 43.7 Å². The maximum absolute atomic E-state index is 3.61. The van der Waals surface area contributed by atoms with Gasteiger partial charge in [0.25, 0.3) is 0 Å². The zero-order chi connectivity index (χ0) is 9.42. The summed E-state index contributed by atoms with van der Waals surface area (Å²) < 4.78 is 1.28. The number of hydrogen-bond acceptors (Lipinski definition) is 0. The van der Waals surface area contributed by atoms with Crippen LogP contribution >= 0.6 is 15.9 Å². The fraction of sp³-hybridized carbons (Fsp3) is 0.417. The van der Waals surface area contributed by atoms with E-state index in [0.29, 0.717) is 0 Å². The van der Waals surface area contributed by atoms with Crippen LogP contribution < -0.4 is 0 Å². The van der Waals surface area contributed by atoms with E-state index in [1.807, 2.05) is 0 Å². The maximum Gasteiger partial charge on any atom is 0.0210 e. The summed E-state index contributed by atoms with van der Waals surface area (Å²) in [6.07, 6.45) is 2.73. The summed E-state index contributed by atoms with van der Waals surface area (Å²) in [6.45, 7) is 4.33. The molecule has 1 radical (unpaired) electrons. The molecule has 0 heterocycles. The minimum absolute atomic E-state index is 0.827. The highest BCUT2D eigenvalue weighted by Crippen LogP contribution is 2.43. The van der Waals surface area contributed by atoms with E-state index < -0.39 is 0 Å². The third-order valence-corrected chi connectivity index (χ3v) is 3.31. The molecule has 1 aromatic carbocycles. The second-order valence-electron chi connectivity index (χ2n) is 4.01. The van der Waals surface area contributed by atoms with E-state index in [9.17, 15) is 0 Å². The summed E-state index contributed by atoms with van der Waals surface area (Å²) in [7, 11) is 0. The summed E-state index contributed by atoms with van der Waals surface area (Å²) in [6, 6.07) is 6.69. The molecule has 1 heteroatoms. The SMILES string of the molecule is C[C](C)c1ccc(Br)c(C2CC2)c1. The van der Waals surface area contributed by atoms with Gasteiger partial charge in [-0.1, -0.05) is 41.9 Å². The number of benzene rings is 1. The quantitative estimate of drug-likeness (QED) is 0.721. The average molecular weight is 238 g/mol. The van der Waals surface area contributed by atoms with E-state index in [2.05, 4.69) is 48.0 Å². The molecular weight excluding hydrogens is 224 g/mol. The maximum atomic E-state index is 3.61. The largest absolute Gasteiger partial charge is 0.0573 e. The van der Waals surface area contributed by atoms with Gasteiger partial charge in [-0.25, -0.2) is 0 Å². The molecule has 1 saturated carbocycles. The summed E-state index contributed by atoms with van der Waals surface area (Å²) in [4.78, 5) is 0. The molecular formula is C12H14Br. The van der Waals surface area contributed by atoms with Crippen molar-refractivity contribution in [3.63, 3.8) is 0 Å². The van der Waals surface area contributed by atoms with Crippen LogP contribution in [0.4, 0.5) is 0 Å². The van der Waals surface area contributed by atoms with Gasteiger partial charge in [-0.2, -0.15) is 0 Å². The lowest BCUT2D eigenvalue weighted by Gasteiger charge is -2.08. The Morgan fingerprint density at radius 1 is 1.31 bits per heavy atom. The van der Waals surface area contributed by atoms with Crippen molar-refractivity contribution in [1.82, 2.24) is 0 Å². The molecule has 0 bridgehead atoms. The molecule has 0 spiro atoms. The predicted octanol–water partition coefficient (Wildman–Crippen LogP) is 4.29. The van der Waals surface area contributed by atoms with E-state index in [1.54, 1.807) is 0 Å². The number of halogens is 1. The van der Waals surface area contributed by atoms with Crippen LogP contribution in [0.3, 0.4) is 0 Å². The molecule has 13 heavy (non-hydrogen) atoms. The van der Waals surface area contributed by atoms with Crippen molar-refractivity contribution in [1.29, 1.82) is 0 Å². The van der Waals surface area contributed by atoms with Gasteiger partial charge < -0.3 is 0 Å². The van der Waals surface area contributed by atoms with Crippen molar-refractivity contribution < 1.29 is 0 Å². The van der Waals surface area contributed by atoms with Crippen LogP contribution in [0.15, 0.2) is 22.7 Å². The second kappa shape index (κ2) is 3.45. The highest BCUT2D eigenvalue weighted by Gasteiger charge is 2.25. The minimum atomic E-state index is 0.827. The predicted molar refractivity (Wildman–Crippen MR) is 59.8 cm³/mol. The van der Waals surface area contributed by atoms with Crippen molar-refractivity contribution >= 4 is 15.9 Å². The van der Waals surface area contributed by atoms with Crippen LogP contribution in [0.2, 0.25) is 0 Å². The van der Waals surface area contributed by atoms with Crippen LogP contribution in [0, 0.1) is 5.92 Å². The highest BCUT2D eigenvalue weighted by molar-refractivity contribution is 9.10. The Morgan fingerprint density at radius 3 is 2.54 bits per heavy atom. The molecule has 69 valence electrons. The van der Waals surface area contributed by atoms with Gasteiger partial charge >= 0.3 is 0 Å². The van der Waals surface area contributed by atoms with E-state index in [1.165, 1.54) is 34.4 Å². The van der Waals surface area contributed by atoms with Gasteiger partial charge in [0.1, 0.15) is 0 Å². The van der Waals surface area contributed by atoms with E-state index in [-0.39, 0.29) is 0 Å². The number of rotatable bonds is 2. The van der Waals surface area contributed by atoms with Gasteiger partial charge in [0.2, 0.25) is 0 Å². The first-order valence-corrected chi connectivity index (χ1v) is 5.58. The van der Waals surface area contributed by atoms with E-state index in [4.69, 9.17) is 0 Å². The molecule has 0 aromatic heterocycles. The molecule has 1 aliphatic rings. The highest BCUT2D eigenvalue weighted by atomic mass is 79.9. The lowest BCUT2D eigenvalue weighted by molar-refractivity contribution is 1.08. The topological polar surface area (TPSA) is 0 Å². The fourth-order valence-corrected chi connectivity index (χ4v) is 2.13. The van der Waals surface area contributed by atoms with E-state index >= 15 is 0 Å². The Hall–Kier alpha value is -0.300. The fourth-order valence-electron chi connectivity index (χ4n) is 1.56. The Balaban J connectivity index is 2.36. The van der Waals surface area contributed by atoms with Crippen LogP contribution in [-0.4, -0.2) is 0 Å². The molecule has 0 saturated heterocycles. The second-order valence-corrected chi connectivity index (χ2v) is 4.86. The van der Waals surface area contributed by atoms with Crippen LogP contribution in [0.25, 0.3) is 0 Å². The normalized spacial score (nSPS) is 16.6. The molecule has 1 fully saturated rings.